The molecule has 1 aliphatic heterocycles. The molecule has 1 saturated heterocycles. The number of halogens is 2. The predicted octanol–water partition coefficient (Wildman–Crippen LogP) is 5.43. The normalized spacial score (nSPS) is 15.7. The molecular weight excluding hydrogens is 508 g/mol. The van der Waals surface area contributed by atoms with Crippen LogP contribution in [0.5, 0.6) is 0 Å². The number of benzene rings is 3. The number of carbonyl (C=O) groups is 1. The number of hydrogen-bond acceptors (Lipinski definition) is 4. The molecule has 1 heterocycles. The lowest BCUT2D eigenvalue weighted by atomic mass is 9.92. The Kier molecular flexibility index (Phi) is 9.12. The third kappa shape index (κ3) is 7.39. The largest absolute Gasteiger partial charge is 0.324 e. The van der Waals surface area contributed by atoms with Gasteiger partial charge in [-0.3, -0.25) is 14.0 Å². The van der Waals surface area contributed by atoms with Crippen LogP contribution in [0.15, 0.2) is 78.9 Å². The van der Waals surface area contributed by atoms with Crippen molar-refractivity contribution in [2.24, 2.45) is 5.92 Å². The van der Waals surface area contributed by atoms with Gasteiger partial charge >= 0.3 is 0 Å². The van der Waals surface area contributed by atoms with Crippen molar-refractivity contribution in [3.8, 4) is 0 Å². The smallest absolute Gasteiger partial charge is 0.239 e. The highest BCUT2D eigenvalue weighted by atomic mass is 32.2. The number of sulfonamides is 1. The molecule has 38 heavy (non-hydrogen) atoms. The van der Waals surface area contributed by atoms with Gasteiger partial charge in [0.25, 0.3) is 0 Å². The van der Waals surface area contributed by atoms with Crippen molar-refractivity contribution < 1.29 is 22.0 Å². The Morgan fingerprint density at radius 1 is 1.00 bits per heavy atom. The Morgan fingerprint density at radius 3 is 2.26 bits per heavy atom. The number of hydrogen-bond donors (Lipinski definition) is 1. The molecule has 0 spiro atoms. The Bertz CT molecular complexity index is 1320. The number of piperidine rings is 1. The van der Waals surface area contributed by atoms with Crippen LogP contribution in [-0.4, -0.2) is 44.9 Å². The van der Waals surface area contributed by atoms with E-state index in [1.54, 1.807) is 0 Å². The van der Waals surface area contributed by atoms with Crippen molar-refractivity contribution in [1.29, 1.82) is 0 Å². The van der Waals surface area contributed by atoms with Gasteiger partial charge in [0.05, 0.1) is 17.1 Å². The van der Waals surface area contributed by atoms with E-state index in [0.29, 0.717) is 12.2 Å². The minimum atomic E-state index is -3.63. The van der Waals surface area contributed by atoms with Crippen molar-refractivity contribution >= 4 is 27.3 Å². The molecule has 1 amide bonds. The molecule has 0 bridgehead atoms. The quantitative estimate of drug-likeness (QED) is 0.372. The minimum absolute atomic E-state index is 0.0276. The van der Waals surface area contributed by atoms with Crippen LogP contribution in [0.25, 0.3) is 0 Å². The zero-order valence-electron chi connectivity index (χ0n) is 21.4. The molecule has 3 aromatic carbocycles. The molecule has 1 aliphatic rings. The first-order valence-electron chi connectivity index (χ1n) is 12.8. The van der Waals surface area contributed by atoms with E-state index in [1.807, 2.05) is 67.6 Å². The highest BCUT2D eigenvalue weighted by Crippen LogP contribution is 2.26. The maximum absolute atomic E-state index is 13.9. The van der Waals surface area contributed by atoms with E-state index in [-0.39, 0.29) is 35.7 Å². The van der Waals surface area contributed by atoms with Crippen LogP contribution in [0.1, 0.15) is 31.7 Å². The summed E-state index contributed by atoms with van der Waals surface area (Å²) in [5.41, 5.74) is 1.34. The van der Waals surface area contributed by atoms with Crippen LogP contribution < -0.4 is 9.62 Å². The number of carbonyl (C=O) groups excluding carboxylic acids is 1. The molecule has 0 unspecified atom stereocenters. The van der Waals surface area contributed by atoms with Crippen LogP contribution in [0.2, 0.25) is 0 Å². The van der Waals surface area contributed by atoms with Crippen LogP contribution in [0, 0.1) is 17.6 Å². The molecule has 0 saturated carbocycles. The fourth-order valence-corrected chi connectivity index (χ4v) is 6.50. The Balaban J connectivity index is 1.35. The zero-order chi connectivity index (χ0) is 27.1. The number of anilines is 2. The lowest BCUT2D eigenvalue weighted by molar-refractivity contribution is -0.117. The number of rotatable bonds is 10. The molecule has 6 nitrogen and oxygen atoms in total. The van der Waals surface area contributed by atoms with Crippen LogP contribution in [0.3, 0.4) is 0 Å². The van der Waals surface area contributed by atoms with Gasteiger partial charge in [0.1, 0.15) is 11.6 Å². The monoisotopic (exact) mass is 541 g/mol. The second kappa shape index (κ2) is 12.5. The number of amides is 1. The minimum Gasteiger partial charge on any atom is -0.324 e. The molecule has 0 aliphatic carbocycles. The van der Waals surface area contributed by atoms with E-state index in [2.05, 4.69) is 10.2 Å². The molecule has 0 aromatic heterocycles. The summed E-state index contributed by atoms with van der Waals surface area (Å²) < 4.78 is 55.5. The van der Waals surface area contributed by atoms with Crippen LogP contribution in [0.4, 0.5) is 20.2 Å². The average Bonchev–Trinajstić information content (AvgIpc) is 2.90. The summed E-state index contributed by atoms with van der Waals surface area (Å²) in [5.74, 6) is -1.74. The van der Waals surface area contributed by atoms with E-state index in [4.69, 9.17) is 0 Å². The molecule has 1 fully saturated rings. The van der Waals surface area contributed by atoms with Crippen molar-refractivity contribution in [2.45, 2.75) is 38.0 Å². The SMILES string of the molecule is C[C@H](CN(c1ccccc1)S(=O)(=O)Cc1ccccc1)N1CCC(CC(=O)Nc2ccc(F)cc2F)CC1. The van der Waals surface area contributed by atoms with Gasteiger partial charge in [-0.1, -0.05) is 48.5 Å². The molecule has 3 aromatic rings. The van der Waals surface area contributed by atoms with E-state index >= 15 is 0 Å². The van der Waals surface area contributed by atoms with Gasteiger partial charge in [-0.15, -0.1) is 0 Å². The first kappa shape index (κ1) is 27.7. The van der Waals surface area contributed by atoms with Crippen molar-refractivity contribution in [3.05, 3.63) is 96.1 Å². The topological polar surface area (TPSA) is 69.7 Å². The van der Waals surface area contributed by atoms with E-state index < -0.39 is 21.7 Å². The standard InChI is InChI=1S/C29H33F2N3O3S/c1-22(20-34(26-10-6-3-7-11-26)38(36,37)21-24-8-4-2-5-9-24)33-16-14-23(15-17-33)18-29(35)32-28-13-12-25(30)19-27(28)31/h2-13,19,22-23H,14-18,20-21H2,1H3,(H,32,35)/t22-/m1/s1. The molecule has 9 heteroatoms. The van der Waals surface area contributed by atoms with Crippen molar-refractivity contribution in [3.63, 3.8) is 0 Å². The van der Waals surface area contributed by atoms with Crippen LogP contribution >= 0.6 is 0 Å². The van der Waals surface area contributed by atoms with Crippen molar-refractivity contribution in [1.82, 2.24) is 4.90 Å². The molecule has 1 atom stereocenters. The van der Waals surface area contributed by atoms with Gasteiger partial charge in [0, 0.05) is 25.1 Å². The summed E-state index contributed by atoms with van der Waals surface area (Å²) in [6, 6.07) is 21.3. The second-order valence-electron chi connectivity index (χ2n) is 9.81. The third-order valence-corrected chi connectivity index (χ3v) is 8.68. The first-order valence-corrected chi connectivity index (χ1v) is 14.4. The first-order chi connectivity index (χ1) is 18.2. The van der Waals surface area contributed by atoms with E-state index in [0.717, 1.165) is 43.6 Å². The number of para-hydroxylation sites is 1. The van der Waals surface area contributed by atoms with E-state index in [9.17, 15) is 22.0 Å². The summed E-state index contributed by atoms with van der Waals surface area (Å²) in [6.07, 6.45) is 1.79. The van der Waals surface area contributed by atoms with Gasteiger partial charge in [-0.25, -0.2) is 17.2 Å². The fourth-order valence-electron chi connectivity index (χ4n) is 4.84. The third-order valence-electron chi connectivity index (χ3n) is 6.95. The lowest BCUT2D eigenvalue weighted by Gasteiger charge is -2.38. The summed E-state index contributed by atoms with van der Waals surface area (Å²) in [5, 5.41) is 2.53. The van der Waals surface area contributed by atoms with Gasteiger partial charge in [0.2, 0.25) is 15.9 Å². The highest BCUT2D eigenvalue weighted by molar-refractivity contribution is 7.92. The zero-order valence-corrected chi connectivity index (χ0v) is 22.2. The summed E-state index contributed by atoms with van der Waals surface area (Å²) in [7, 11) is -3.63. The maximum atomic E-state index is 13.9. The van der Waals surface area contributed by atoms with Crippen molar-refractivity contribution in [2.75, 3.05) is 29.3 Å². The Labute approximate surface area is 223 Å². The molecule has 0 radical (unpaired) electrons. The highest BCUT2D eigenvalue weighted by Gasteiger charge is 2.29. The van der Waals surface area contributed by atoms with Gasteiger partial charge in [-0.2, -0.15) is 0 Å². The summed E-state index contributed by atoms with van der Waals surface area (Å²) in [6.45, 7) is 3.79. The Morgan fingerprint density at radius 2 is 1.63 bits per heavy atom. The van der Waals surface area contributed by atoms with E-state index in [1.165, 1.54) is 10.4 Å². The lowest BCUT2D eigenvalue weighted by Crippen LogP contribution is -2.48. The molecule has 202 valence electrons. The van der Waals surface area contributed by atoms with Gasteiger partial charge in [0.15, 0.2) is 0 Å². The summed E-state index contributed by atoms with van der Waals surface area (Å²) >= 11 is 0. The molecule has 4 rings (SSSR count). The maximum Gasteiger partial charge on any atom is 0.239 e. The predicted molar refractivity (Wildman–Crippen MR) is 146 cm³/mol. The molecular formula is C29H33F2N3O3S. The average molecular weight is 542 g/mol. The van der Waals surface area contributed by atoms with Gasteiger partial charge < -0.3 is 5.32 Å². The number of nitrogens with one attached hydrogen (secondary N) is 1. The number of likely N-dealkylation sites (tertiary alicyclic amines) is 1. The Hall–Kier alpha value is -3.30. The van der Waals surface area contributed by atoms with Crippen LogP contribution in [-0.2, 0) is 20.6 Å². The second-order valence-corrected chi connectivity index (χ2v) is 11.7. The fraction of sp³-hybridized carbons (Fsp3) is 0.345. The summed E-state index contributed by atoms with van der Waals surface area (Å²) in [4.78, 5) is 14.7. The molecule has 1 N–H and O–H groups in total. The van der Waals surface area contributed by atoms with Gasteiger partial charge in [-0.05, 0) is 68.6 Å². The number of nitrogens with zero attached hydrogens (tertiary/aromatic N) is 2.